The summed E-state index contributed by atoms with van der Waals surface area (Å²) in [5.41, 5.74) is 0. The lowest BCUT2D eigenvalue weighted by Crippen LogP contribution is -1.93. The first-order valence-electron chi connectivity index (χ1n) is 4.30. The molecule has 0 bridgehead atoms. The van der Waals surface area contributed by atoms with Crippen LogP contribution in [-0.4, -0.2) is 15.1 Å². The monoisotopic (exact) mass is 196 g/mol. The highest BCUT2D eigenvalue weighted by Crippen LogP contribution is 2.15. The van der Waals surface area contributed by atoms with Crippen LogP contribution in [-0.2, 0) is 4.79 Å². The Morgan fingerprint density at radius 1 is 1.46 bits per heavy atom. The van der Waals surface area contributed by atoms with E-state index in [-0.39, 0.29) is 5.12 Å². The van der Waals surface area contributed by atoms with E-state index in [1.807, 2.05) is 0 Å². The third-order valence-corrected chi connectivity index (χ3v) is 2.31. The van der Waals surface area contributed by atoms with E-state index in [2.05, 4.69) is 16.9 Å². The number of aromatic nitrogens is 2. The molecule has 1 heterocycles. The first kappa shape index (κ1) is 10.2. The average Bonchev–Trinajstić information content (AvgIpc) is 2.16. The van der Waals surface area contributed by atoms with Crippen molar-refractivity contribution in [2.75, 3.05) is 0 Å². The molecule has 70 valence electrons. The van der Waals surface area contributed by atoms with Crippen molar-refractivity contribution >= 4 is 16.9 Å². The molecule has 0 aliphatic heterocycles. The van der Waals surface area contributed by atoms with E-state index in [4.69, 9.17) is 0 Å². The van der Waals surface area contributed by atoms with Gasteiger partial charge in [0.1, 0.15) is 0 Å². The van der Waals surface area contributed by atoms with Gasteiger partial charge >= 0.3 is 0 Å². The van der Waals surface area contributed by atoms with Crippen LogP contribution in [0.25, 0.3) is 0 Å². The minimum atomic E-state index is 0.146. The summed E-state index contributed by atoms with van der Waals surface area (Å²) in [6, 6.07) is 1.74. The maximum Gasteiger partial charge on any atom is 0.196 e. The van der Waals surface area contributed by atoms with Crippen LogP contribution in [0.2, 0.25) is 0 Å². The maximum absolute atomic E-state index is 11.3. The largest absolute Gasteiger partial charge is 0.287 e. The summed E-state index contributed by atoms with van der Waals surface area (Å²) in [6.45, 7) is 2.07. The van der Waals surface area contributed by atoms with Gasteiger partial charge in [0.05, 0.1) is 0 Å². The standard InChI is InChI=1S/C9H12N2OS/c1-2-3-5-8(12)13-9-10-6-4-7-11-9/h4,6-7H,2-3,5H2,1H3. The zero-order chi connectivity index (χ0) is 9.52. The number of carbonyl (C=O) groups is 1. The molecule has 1 rings (SSSR count). The first-order valence-corrected chi connectivity index (χ1v) is 5.12. The molecule has 0 amide bonds. The van der Waals surface area contributed by atoms with Crippen molar-refractivity contribution < 1.29 is 4.79 Å². The normalized spacial score (nSPS) is 9.92. The first-order chi connectivity index (χ1) is 6.33. The van der Waals surface area contributed by atoms with Gasteiger partial charge in [-0.1, -0.05) is 13.3 Å². The molecule has 0 atom stereocenters. The molecule has 13 heavy (non-hydrogen) atoms. The molecule has 1 aromatic heterocycles. The summed E-state index contributed by atoms with van der Waals surface area (Å²) in [5.74, 6) is 0. The number of unbranched alkanes of at least 4 members (excludes halogenated alkanes) is 1. The van der Waals surface area contributed by atoms with Gasteiger partial charge in [-0.15, -0.1) is 0 Å². The summed E-state index contributed by atoms with van der Waals surface area (Å²) in [6.07, 6.45) is 5.88. The van der Waals surface area contributed by atoms with Crippen molar-refractivity contribution in [1.29, 1.82) is 0 Å². The predicted octanol–water partition coefficient (Wildman–Crippen LogP) is 2.29. The fourth-order valence-corrected chi connectivity index (χ4v) is 1.49. The summed E-state index contributed by atoms with van der Waals surface area (Å²) in [5, 5.41) is 0.691. The molecule has 0 aliphatic carbocycles. The lowest BCUT2D eigenvalue weighted by Gasteiger charge is -1.96. The summed E-state index contributed by atoms with van der Waals surface area (Å²) >= 11 is 1.12. The SMILES string of the molecule is CCCCC(=O)Sc1ncccn1. The van der Waals surface area contributed by atoms with Crippen LogP contribution in [0.15, 0.2) is 23.6 Å². The van der Waals surface area contributed by atoms with Gasteiger partial charge in [0, 0.05) is 18.8 Å². The Kier molecular flexibility index (Phi) is 4.46. The summed E-state index contributed by atoms with van der Waals surface area (Å²) in [7, 11) is 0. The Morgan fingerprint density at radius 3 is 2.77 bits per heavy atom. The fourth-order valence-electron chi connectivity index (χ4n) is 0.812. The molecule has 1 aromatic rings. The highest BCUT2D eigenvalue weighted by molar-refractivity contribution is 8.13. The molecule has 0 radical (unpaired) electrons. The topological polar surface area (TPSA) is 42.9 Å². The van der Waals surface area contributed by atoms with Crippen LogP contribution >= 0.6 is 11.8 Å². The number of hydrogen-bond acceptors (Lipinski definition) is 4. The number of thioether (sulfide) groups is 1. The third-order valence-electron chi connectivity index (χ3n) is 1.48. The Bertz CT molecular complexity index is 264. The van der Waals surface area contributed by atoms with Crippen molar-refractivity contribution in [1.82, 2.24) is 9.97 Å². The summed E-state index contributed by atoms with van der Waals surface area (Å²) < 4.78 is 0. The van der Waals surface area contributed by atoms with Crippen molar-refractivity contribution in [3.63, 3.8) is 0 Å². The number of nitrogens with zero attached hydrogens (tertiary/aromatic N) is 2. The van der Waals surface area contributed by atoms with Crippen molar-refractivity contribution in [2.45, 2.75) is 31.3 Å². The third kappa shape index (κ3) is 4.03. The van der Waals surface area contributed by atoms with Crippen LogP contribution in [0.1, 0.15) is 26.2 Å². The molecule has 3 nitrogen and oxygen atoms in total. The van der Waals surface area contributed by atoms with Gasteiger partial charge in [0.25, 0.3) is 0 Å². The molecule has 0 saturated heterocycles. The molecular weight excluding hydrogens is 184 g/mol. The lowest BCUT2D eigenvalue weighted by atomic mass is 10.3. The molecule has 0 fully saturated rings. The Balaban J connectivity index is 2.37. The second-order valence-electron chi connectivity index (χ2n) is 2.61. The predicted molar refractivity (Wildman–Crippen MR) is 52.4 cm³/mol. The van der Waals surface area contributed by atoms with Gasteiger partial charge in [-0.25, -0.2) is 9.97 Å². The van der Waals surface area contributed by atoms with Gasteiger partial charge in [0.2, 0.25) is 0 Å². The quantitative estimate of drug-likeness (QED) is 0.547. The van der Waals surface area contributed by atoms with Gasteiger partial charge in [-0.05, 0) is 24.2 Å². The number of rotatable bonds is 4. The molecule has 4 heteroatoms. The van der Waals surface area contributed by atoms with Crippen molar-refractivity contribution in [2.24, 2.45) is 0 Å². The van der Waals surface area contributed by atoms with Crippen LogP contribution in [0, 0.1) is 0 Å². The lowest BCUT2D eigenvalue weighted by molar-refractivity contribution is -0.111. The molecule has 0 saturated carbocycles. The number of carbonyl (C=O) groups excluding carboxylic acids is 1. The molecule has 0 N–H and O–H groups in total. The van der Waals surface area contributed by atoms with Crippen LogP contribution < -0.4 is 0 Å². The van der Waals surface area contributed by atoms with E-state index < -0.39 is 0 Å². The highest BCUT2D eigenvalue weighted by Gasteiger charge is 2.04. The van der Waals surface area contributed by atoms with Gasteiger partial charge in [-0.3, -0.25) is 4.79 Å². The smallest absolute Gasteiger partial charge is 0.196 e. The van der Waals surface area contributed by atoms with E-state index in [0.29, 0.717) is 11.6 Å². The van der Waals surface area contributed by atoms with Crippen molar-refractivity contribution in [3.8, 4) is 0 Å². The van der Waals surface area contributed by atoms with E-state index >= 15 is 0 Å². The molecule has 0 aromatic carbocycles. The summed E-state index contributed by atoms with van der Waals surface area (Å²) in [4.78, 5) is 19.2. The molecular formula is C9H12N2OS. The van der Waals surface area contributed by atoms with E-state index in [9.17, 15) is 4.79 Å². The Hall–Kier alpha value is -0.900. The van der Waals surface area contributed by atoms with Gasteiger partial charge in [-0.2, -0.15) is 0 Å². The Morgan fingerprint density at radius 2 is 2.15 bits per heavy atom. The maximum atomic E-state index is 11.3. The van der Waals surface area contributed by atoms with E-state index in [1.54, 1.807) is 18.5 Å². The zero-order valence-corrected chi connectivity index (χ0v) is 8.38. The fraction of sp³-hybridized carbons (Fsp3) is 0.444. The number of hydrogen-bond donors (Lipinski definition) is 0. The average molecular weight is 196 g/mol. The van der Waals surface area contributed by atoms with Gasteiger partial charge in [0.15, 0.2) is 10.3 Å². The minimum absolute atomic E-state index is 0.146. The molecule has 0 spiro atoms. The zero-order valence-electron chi connectivity index (χ0n) is 7.56. The highest BCUT2D eigenvalue weighted by atomic mass is 32.2. The van der Waals surface area contributed by atoms with E-state index in [0.717, 1.165) is 24.6 Å². The van der Waals surface area contributed by atoms with E-state index in [1.165, 1.54) is 0 Å². The van der Waals surface area contributed by atoms with Crippen LogP contribution in [0.5, 0.6) is 0 Å². The minimum Gasteiger partial charge on any atom is -0.287 e. The molecule has 0 aliphatic rings. The van der Waals surface area contributed by atoms with Crippen LogP contribution in [0.4, 0.5) is 0 Å². The van der Waals surface area contributed by atoms with Crippen LogP contribution in [0.3, 0.4) is 0 Å². The molecule has 0 unspecified atom stereocenters. The van der Waals surface area contributed by atoms with Crippen molar-refractivity contribution in [3.05, 3.63) is 18.5 Å². The Labute approximate surface area is 82.0 Å². The second-order valence-corrected chi connectivity index (χ2v) is 3.63. The van der Waals surface area contributed by atoms with Gasteiger partial charge < -0.3 is 0 Å². The second kappa shape index (κ2) is 5.70.